The van der Waals surface area contributed by atoms with Crippen LogP contribution in [-0.4, -0.2) is 56.1 Å². The van der Waals surface area contributed by atoms with Crippen molar-refractivity contribution in [3.8, 4) is 0 Å². The predicted molar refractivity (Wildman–Crippen MR) is 55.9 cm³/mol. The van der Waals surface area contributed by atoms with Gasteiger partial charge in [0.1, 0.15) is 11.7 Å². The number of hydrogen-bond acceptors (Lipinski definition) is 5. The number of carbonyl (C=O) groups is 2. The molecule has 0 unspecified atom stereocenters. The molecule has 0 N–H and O–H groups in total. The van der Waals surface area contributed by atoms with Gasteiger partial charge in [-0.05, 0) is 13.5 Å². The van der Waals surface area contributed by atoms with Crippen molar-refractivity contribution in [2.24, 2.45) is 5.92 Å². The van der Waals surface area contributed by atoms with Gasteiger partial charge in [-0.15, -0.1) is 0 Å². The maximum atomic E-state index is 11.9. The maximum absolute atomic E-state index is 11.9. The second kappa shape index (κ2) is 4.14. The third-order valence-electron chi connectivity index (χ3n) is 3.85. The predicted octanol–water partition coefficient (Wildman–Crippen LogP) is -0.164. The molecule has 2 aliphatic heterocycles. The molecule has 2 aliphatic rings. The molecule has 0 saturated carbocycles. The monoisotopic (exact) mass is 227 g/mol. The van der Waals surface area contributed by atoms with Gasteiger partial charge in [-0.3, -0.25) is 14.5 Å². The van der Waals surface area contributed by atoms with E-state index < -0.39 is 11.9 Å². The minimum Gasteiger partial charge on any atom is -0.468 e. The van der Waals surface area contributed by atoms with E-state index in [1.165, 1.54) is 7.11 Å². The lowest BCUT2D eigenvalue weighted by molar-refractivity contribution is -0.154. The largest absolute Gasteiger partial charge is 0.468 e. The van der Waals surface area contributed by atoms with Crippen molar-refractivity contribution < 1.29 is 19.1 Å². The Labute approximate surface area is 94.7 Å². The molecule has 2 heterocycles. The van der Waals surface area contributed by atoms with Crippen molar-refractivity contribution in [2.75, 3.05) is 21.3 Å². The summed E-state index contributed by atoms with van der Waals surface area (Å²) in [4.78, 5) is 25.6. The smallest absolute Gasteiger partial charge is 0.317 e. The van der Waals surface area contributed by atoms with Crippen LogP contribution in [-0.2, 0) is 19.1 Å². The number of carbonyl (C=O) groups excluding carboxylic acids is 2. The van der Waals surface area contributed by atoms with Crippen LogP contribution in [0.25, 0.3) is 0 Å². The third kappa shape index (κ3) is 1.55. The summed E-state index contributed by atoms with van der Waals surface area (Å²) in [6.07, 6.45) is 1.16. The summed E-state index contributed by atoms with van der Waals surface area (Å²) in [5, 5.41) is 0. The van der Waals surface area contributed by atoms with Crippen LogP contribution in [0.5, 0.6) is 0 Å². The van der Waals surface area contributed by atoms with E-state index in [4.69, 9.17) is 9.47 Å². The Balaban J connectivity index is 2.24. The molecule has 2 bridgehead atoms. The zero-order valence-electron chi connectivity index (χ0n) is 9.80. The molecule has 16 heavy (non-hydrogen) atoms. The second-order valence-electron chi connectivity index (χ2n) is 4.48. The van der Waals surface area contributed by atoms with Crippen LogP contribution in [0.4, 0.5) is 0 Å². The van der Waals surface area contributed by atoms with E-state index >= 15 is 0 Å². The summed E-state index contributed by atoms with van der Waals surface area (Å²) in [5.74, 6) is -1.07. The number of likely N-dealkylation sites (N-methyl/N-ethyl adjacent to an activating group) is 1. The van der Waals surface area contributed by atoms with Crippen LogP contribution >= 0.6 is 0 Å². The molecule has 0 aliphatic carbocycles. The highest BCUT2D eigenvalue weighted by atomic mass is 16.5. The number of esters is 1. The highest BCUT2D eigenvalue weighted by Crippen LogP contribution is 2.37. The summed E-state index contributed by atoms with van der Waals surface area (Å²) >= 11 is 0. The minimum atomic E-state index is -0.633. The molecule has 0 amide bonds. The Bertz CT molecular complexity index is 317. The Morgan fingerprint density at radius 3 is 2.62 bits per heavy atom. The molecule has 0 aromatic heterocycles. The van der Waals surface area contributed by atoms with Gasteiger partial charge in [0, 0.05) is 25.6 Å². The number of nitrogens with zero attached hydrogens (tertiary/aromatic N) is 1. The molecule has 0 aromatic rings. The van der Waals surface area contributed by atoms with Crippen molar-refractivity contribution in [1.29, 1.82) is 0 Å². The summed E-state index contributed by atoms with van der Waals surface area (Å²) in [5.41, 5.74) is 0. The second-order valence-corrected chi connectivity index (χ2v) is 4.48. The van der Waals surface area contributed by atoms with E-state index in [1.54, 1.807) is 7.11 Å². The highest BCUT2D eigenvalue weighted by Gasteiger charge is 2.53. The number of Topliss-reactive ketones (excluding diaryl/α,β-unsaturated/α-hetero) is 1. The number of rotatable bonds is 2. The SMILES string of the molecule is COC(=O)[C@H]1C(=O)C[C@@H]2[C@@H](OC)C[C@H]1N2C. The van der Waals surface area contributed by atoms with Crippen LogP contribution < -0.4 is 0 Å². The highest BCUT2D eigenvalue weighted by molar-refractivity contribution is 6.01. The van der Waals surface area contributed by atoms with Gasteiger partial charge >= 0.3 is 5.97 Å². The van der Waals surface area contributed by atoms with Gasteiger partial charge in [-0.25, -0.2) is 0 Å². The van der Waals surface area contributed by atoms with Gasteiger partial charge < -0.3 is 9.47 Å². The fourth-order valence-electron chi connectivity index (χ4n) is 2.93. The number of ether oxygens (including phenoxy) is 2. The maximum Gasteiger partial charge on any atom is 0.317 e. The Kier molecular flexibility index (Phi) is 2.99. The quantitative estimate of drug-likeness (QED) is 0.484. The molecular weight excluding hydrogens is 210 g/mol. The zero-order chi connectivity index (χ0) is 11.9. The van der Waals surface area contributed by atoms with Gasteiger partial charge in [-0.2, -0.15) is 0 Å². The standard InChI is InChI=1S/C11H17NO4/c1-12-6-4-8(13)10(11(14)16-3)7(12)5-9(6)15-2/h6-7,9-10H,4-5H2,1-3H3/t6-,7-,9+,10-/m1/s1. The van der Waals surface area contributed by atoms with Crippen LogP contribution in [0.3, 0.4) is 0 Å². The normalized spacial score (nSPS) is 38.8. The number of piperidine rings is 1. The third-order valence-corrected chi connectivity index (χ3v) is 3.85. The zero-order valence-corrected chi connectivity index (χ0v) is 9.80. The molecule has 90 valence electrons. The van der Waals surface area contributed by atoms with E-state index in [1.807, 2.05) is 7.05 Å². The molecule has 2 rings (SSSR count). The van der Waals surface area contributed by atoms with E-state index in [9.17, 15) is 9.59 Å². The number of hydrogen-bond donors (Lipinski definition) is 0. The minimum absolute atomic E-state index is 0.0144. The van der Waals surface area contributed by atoms with Crippen LogP contribution in [0.2, 0.25) is 0 Å². The molecule has 2 saturated heterocycles. The van der Waals surface area contributed by atoms with E-state index in [-0.39, 0.29) is 24.0 Å². The molecule has 0 radical (unpaired) electrons. The van der Waals surface area contributed by atoms with Gasteiger partial charge in [0.15, 0.2) is 0 Å². The first-order chi connectivity index (χ1) is 7.60. The number of fused-ring (bicyclic) bond motifs is 2. The van der Waals surface area contributed by atoms with Crippen molar-refractivity contribution in [3.63, 3.8) is 0 Å². The number of ketones is 1. The molecule has 0 spiro atoms. The molecule has 0 aromatic carbocycles. The average Bonchev–Trinajstić information content (AvgIpc) is 2.48. The first-order valence-corrected chi connectivity index (χ1v) is 5.45. The summed E-state index contributed by atoms with van der Waals surface area (Å²) < 4.78 is 10.1. The first-order valence-electron chi connectivity index (χ1n) is 5.45. The average molecular weight is 227 g/mol. The van der Waals surface area contributed by atoms with Crippen LogP contribution in [0.1, 0.15) is 12.8 Å². The van der Waals surface area contributed by atoms with Crippen molar-refractivity contribution in [1.82, 2.24) is 4.90 Å². The van der Waals surface area contributed by atoms with Crippen molar-refractivity contribution in [2.45, 2.75) is 31.0 Å². The fourth-order valence-corrected chi connectivity index (χ4v) is 2.93. The lowest BCUT2D eigenvalue weighted by Gasteiger charge is -2.35. The molecular formula is C11H17NO4. The molecule has 4 atom stereocenters. The number of methoxy groups -OCH3 is 2. The lowest BCUT2D eigenvalue weighted by Crippen LogP contribution is -2.51. The van der Waals surface area contributed by atoms with E-state index in [2.05, 4.69) is 4.90 Å². The van der Waals surface area contributed by atoms with Crippen LogP contribution in [0.15, 0.2) is 0 Å². The first kappa shape index (κ1) is 11.5. The topological polar surface area (TPSA) is 55.8 Å². The Morgan fingerprint density at radius 2 is 2.06 bits per heavy atom. The van der Waals surface area contributed by atoms with Crippen molar-refractivity contribution >= 4 is 11.8 Å². The van der Waals surface area contributed by atoms with E-state index in [0.717, 1.165) is 6.42 Å². The molecule has 5 nitrogen and oxygen atoms in total. The molecule has 2 fully saturated rings. The Hall–Kier alpha value is -0.940. The van der Waals surface area contributed by atoms with Crippen LogP contribution in [0, 0.1) is 5.92 Å². The molecule has 5 heteroatoms. The van der Waals surface area contributed by atoms with Gasteiger partial charge in [0.2, 0.25) is 0 Å². The van der Waals surface area contributed by atoms with Gasteiger partial charge in [0.25, 0.3) is 0 Å². The summed E-state index contributed by atoms with van der Waals surface area (Å²) in [6.45, 7) is 0. The van der Waals surface area contributed by atoms with Crippen molar-refractivity contribution in [3.05, 3.63) is 0 Å². The fraction of sp³-hybridized carbons (Fsp3) is 0.818. The summed E-state index contributed by atoms with van der Waals surface area (Å²) in [6, 6.07) is 0.0482. The van der Waals surface area contributed by atoms with Gasteiger partial charge in [-0.1, -0.05) is 0 Å². The summed E-state index contributed by atoms with van der Waals surface area (Å²) in [7, 11) is 4.91. The lowest BCUT2D eigenvalue weighted by atomic mass is 9.89. The van der Waals surface area contributed by atoms with E-state index in [0.29, 0.717) is 6.42 Å². The van der Waals surface area contributed by atoms with Gasteiger partial charge in [0.05, 0.1) is 13.2 Å². The Morgan fingerprint density at radius 1 is 1.38 bits per heavy atom.